The van der Waals surface area contributed by atoms with Crippen LogP contribution in [-0.4, -0.2) is 18.8 Å². The van der Waals surface area contributed by atoms with Crippen molar-refractivity contribution in [3.8, 4) is 0 Å². The Balaban J connectivity index is 3.18. The zero-order valence-electron chi connectivity index (χ0n) is 7.84. The van der Waals surface area contributed by atoms with E-state index in [1.165, 1.54) is 0 Å². The molecule has 0 heterocycles. The Kier molecular flexibility index (Phi) is 4.35. The summed E-state index contributed by atoms with van der Waals surface area (Å²) in [5, 5.41) is 0. The molecule has 1 aromatic carbocycles. The van der Waals surface area contributed by atoms with E-state index >= 15 is 0 Å². The van der Waals surface area contributed by atoms with Gasteiger partial charge in [0.15, 0.2) is 0 Å². The van der Waals surface area contributed by atoms with Gasteiger partial charge in [0.1, 0.15) is 0 Å². The lowest BCUT2D eigenvalue weighted by Crippen LogP contribution is -2.15. The van der Waals surface area contributed by atoms with Crippen LogP contribution in [0.2, 0.25) is 0 Å². The molecule has 2 nitrogen and oxygen atoms in total. The number of ketones is 1. The normalized spacial score (nSPS) is 10.7. The average Bonchev–Trinajstić information content (AvgIpc) is 2.17. The van der Waals surface area contributed by atoms with Gasteiger partial charge in [-0.05, 0) is 24.6 Å². The second-order valence-electron chi connectivity index (χ2n) is 2.98. The van der Waals surface area contributed by atoms with Gasteiger partial charge >= 0.3 is 6.43 Å². The molecule has 0 radical (unpaired) electrons. The van der Waals surface area contributed by atoms with Crippen molar-refractivity contribution in [2.45, 2.75) is 12.8 Å². The minimum atomic E-state index is -2.99. The first-order valence-corrected chi connectivity index (χ1v) is 5.17. The highest BCUT2D eigenvalue weighted by Crippen LogP contribution is 2.23. The third kappa shape index (κ3) is 2.82. The third-order valence-corrected chi connectivity index (χ3v) is 2.62. The summed E-state index contributed by atoms with van der Waals surface area (Å²) in [4.78, 5) is 11.2. The monoisotopic (exact) mass is 277 g/mol. The van der Waals surface area contributed by atoms with E-state index in [0.717, 1.165) is 0 Å². The SMILES string of the molecule is NCCc1cccc(Br)c1C(=O)C(F)F. The first-order valence-electron chi connectivity index (χ1n) is 4.37. The Labute approximate surface area is 94.6 Å². The number of hydrogen-bond donors (Lipinski definition) is 1. The molecular formula is C10H10BrF2NO. The van der Waals surface area contributed by atoms with Gasteiger partial charge < -0.3 is 5.73 Å². The van der Waals surface area contributed by atoms with Gasteiger partial charge in [0.25, 0.3) is 0 Å². The molecule has 0 unspecified atom stereocenters. The molecule has 0 aromatic heterocycles. The van der Waals surface area contributed by atoms with E-state index in [2.05, 4.69) is 15.9 Å². The van der Waals surface area contributed by atoms with E-state index < -0.39 is 12.2 Å². The van der Waals surface area contributed by atoms with Crippen LogP contribution in [0, 0.1) is 0 Å². The van der Waals surface area contributed by atoms with E-state index in [1.54, 1.807) is 18.2 Å². The molecule has 0 aliphatic rings. The maximum atomic E-state index is 12.3. The van der Waals surface area contributed by atoms with Crippen molar-refractivity contribution < 1.29 is 13.6 Å². The molecule has 0 saturated carbocycles. The van der Waals surface area contributed by atoms with Gasteiger partial charge in [0.05, 0.1) is 0 Å². The van der Waals surface area contributed by atoms with Gasteiger partial charge in [-0.3, -0.25) is 4.79 Å². The van der Waals surface area contributed by atoms with Crippen LogP contribution in [0.4, 0.5) is 8.78 Å². The van der Waals surface area contributed by atoms with Crippen LogP contribution >= 0.6 is 15.9 Å². The fraction of sp³-hybridized carbons (Fsp3) is 0.300. The highest BCUT2D eigenvalue weighted by Gasteiger charge is 2.22. The van der Waals surface area contributed by atoms with Crippen LogP contribution in [0.15, 0.2) is 22.7 Å². The van der Waals surface area contributed by atoms with Crippen LogP contribution in [0.25, 0.3) is 0 Å². The Hall–Kier alpha value is -0.810. The molecule has 0 aliphatic carbocycles. The summed E-state index contributed by atoms with van der Waals surface area (Å²) in [6.07, 6.45) is -2.58. The average molecular weight is 278 g/mol. The Morgan fingerprint density at radius 1 is 1.47 bits per heavy atom. The van der Waals surface area contributed by atoms with Gasteiger partial charge in [-0.1, -0.05) is 28.1 Å². The summed E-state index contributed by atoms with van der Waals surface area (Å²) < 4.78 is 25.0. The van der Waals surface area contributed by atoms with Crippen LogP contribution in [0.1, 0.15) is 15.9 Å². The molecule has 0 atom stereocenters. The predicted octanol–water partition coefficient (Wildman–Crippen LogP) is 2.40. The quantitative estimate of drug-likeness (QED) is 0.859. The van der Waals surface area contributed by atoms with Crippen LogP contribution in [-0.2, 0) is 6.42 Å². The number of Topliss-reactive ketones (excluding diaryl/α,β-unsaturated/α-hetero) is 1. The Bertz CT molecular complexity index is 368. The predicted molar refractivity (Wildman–Crippen MR) is 57.2 cm³/mol. The molecule has 0 spiro atoms. The smallest absolute Gasteiger partial charge is 0.300 e. The summed E-state index contributed by atoms with van der Waals surface area (Å²) in [5.41, 5.74) is 5.93. The molecule has 5 heteroatoms. The zero-order chi connectivity index (χ0) is 11.4. The lowest BCUT2D eigenvalue weighted by molar-refractivity contribution is 0.0677. The van der Waals surface area contributed by atoms with E-state index in [0.29, 0.717) is 23.0 Å². The minimum absolute atomic E-state index is 0.0398. The Morgan fingerprint density at radius 2 is 2.13 bits per heavy atom. The molecule has 15 heavy (non-hydrogen) atoms. The maximum Gasteiger partial charge on any atom is 0.300 e. The number of halogens is 3. The minimum Gasteiger partial charge on any atom is -0.330 e. The number of carbonyl (C=O) groups is 1. The van der Waals surface area contributed by atoms with Crippen LogP contribution < -0.4 is 5.73 Å². The lowest BCUT2D eigenvalue weighted by atomic mass is 10.0. The number of carbonyl (C=O) groups excluding carboxylic acids is 1. The number of alkyl halides is 2. The van der Waals surface area contributed by atoms with E-state index in [1.807, 2.05) is 0 Å². The summed E-state index contributed by atoms with van der Waals surface area (Å²) in [6, 6.07) is 4.89. The fourth-order valence-electron chi connectivity index (χ4n) is 1.32. The molecule has 1 aromatic rings. The van der Waals surface area contributed by atoms with Crippen molar-refractivity contribution in [1.82, 2.24) is 0 Å². The highest BCUT2D eigenvalue weighted by molar-refractivity contribution is 9.10. The van der Waals surface area contributed by atoms with Gasteiger partial charge in [0.2, 0.25) is 5.78 Å². The van der Waals surface area contributed by atoms with Gasteiger partial charge in [-0.25, -0.2) is 8.78 Å². The summed E-state index contributed by atoms with van der Waals surface area (Å²) in [5.74, 6) is -1.16. The molecule has 0 amide bonds. The van der Waals surface area contributed by atoms with Crippen LogP contribution in [0.5, 0.6) is 0 Å². The second kappa shape index (κ2) is 5.32. The maximum absolute atomic E-state index is 12.3. The topological polar surface area (TPSA) is 43.1 Å². The van der Waals surface area contributed by atoms with Gasteiger partial charge in [-0.15, -0.1) is 0 Å². The van der Waals surface area contributed by atoms with Crippen molar-refractivity contribution in [3.05, 3.63) is 33.8 Å². The number of hydrogen-bond acceptors (Lipinski definition) is 2. The van der Waals surface area contributed by atoms with Gasteiger partial charge in [0, 0.05) is 10.0 Å². The molecule has 2 N–H and O–H groups in total. The molecule has 0 bridgehead atoms. The van der Waals surface area contributed by atoms with Crippen LogP contribution in [0.3, 0.4) is 0 Å². The van der Waals surface area contributed by atoms with Crippen molar-refractivity contribution >= 4 is 21.7 Å². The van der Waals surface area contributed by atoms with Gasteiger partial charge in [-0.2, -0.15) is 0 Å². The standard InChI is InChI=1S/C10H10BrF2NO/c11-7-3-1-2-6(4-5-14)8(7)9(15)10(12)13/h1-3,10H,4-5,14H2. The van der Waals surface area contributed by atoms with E-state index in [-0.39, 0.29) is 5.56 Å². The summed E-state index contributed by atoms with van der Waals surface area (Å²) in [7, 11) is 0. The first kappa shape index (κ1) is 12.3. The highest BCUT2D eigenvalue weighted by atomic mass is 79.9. The largest absolute Gasteiger partial charge is 0.330 e. The number of benzene rings is 1. The van der Waals surface area contributed by atoms with Crippen molar-refractivity contribution in [2.75, 3.05) is 6.54 Å². The van der Waals surface area contributed by atoms with Crippen molar-refractivity contribution in [1.29, 1.82) is 0 Å². The third-order valence-electron chi connectivity index (χ3n) is 1.96. The zero-order valence-corrected chi connectivity index (χ0v) is 9.43. The molecule has 0 aliphatic heterocycles. The second-order valence-corrected chi connectivity index (χ2v) is 3.83. The number of rotatable bonds is 4. The molecular weight excluding hydrogens is 268 g/mol. The van der Waals surface area contributed by atoms with Crippen molar-refractivity contribution in [2.24, 2.45) is 5.73 Å². The fourth-order valence-corrected chi connectivity index (χ4v) is 1.92. The molecule has 82 valence electrons. The molecule has 0 saturated heterocycles. The lowest BCUT2D eigenvalue weighted by Gasteiger charge is -2.09. The number of nitrogens with two attached hydrogens (primary N) is 1. The Morgan fingerprint density at radius 3 is 2.67 bits per heavy atom. The van der Waals surface area contributed by atoms with Crippen molar-refractivity contribution in [3.63, 3.8) is 0 Å². The van der Waals surface area contributed by atoms with E-state index in [4.69, 9.17) is 5.73 Å². The molecule has 1 rings (SSSR count). The van der Waals surface area contributed by atoms with E-state index in [9.17, 15) is 13.6 Å². The summed E-state index contributed by atoms with van der Waals surface area (Å²) >= 11 is 3.09. The summed E-state index contributed by atoms with van der Waals surface area (Å²) in [6.45, 7) is 0.319. The molecule has 0 fully saturated rings. The first-order chi connectivity index (χ1) is 7.07.